The number of benzene rings is 5. The second-order valence-corrected chi connectivity index (χ2v) is 18.3. The molecule has 1 atom stereocenters. The van der Waals surface area contributed by atoms with E-state index in [2.05, 4.69) is 113 Å². The summed E-state index contributed by atoms with van der Waals surface area (Å²) < 4.78 is 0. The number of carboxylic acid groups (broad SMARTS) is 1. The summed E-state index contributed by atoms with van der Waals surface area (Å²) in [5.41, 5.74) is 7.92. The van der Waals surface area contributed by atoms with Gasteiger partial charge in [0.2, 0.25) is 0 Å². The molecule has 6 aromatic rings. The van der Waals surface area contributed by atoms with Crippen LogP contribution in [0.2, 0.25) is 5.02 Å². The molecule has 1 saturated heterocycles. The van der Waals surface area contributed by atoms with Crippen molar-refractivity contribution in [3.63, 3.8) is 0 Å². The highest BCUT2D eigenvalue weighted by Crippen LogP contribution is 2.53. The number of aromatic nitrogens is 1. The van der Waals surface area contributed by atoms with E-state index in [1.54, 1.807) is 0 Å². The number of fused-ring (bicyclic) bond motifs is 1. The van der Waals surface area contributed by atoms with Gasteiger partial charge in [-0.2, -0.15) is 11.8 Å². The third-order valence-corrected chi connectivity index (χ3v) is 13.5. The molecule has 3 N–H and O–H groups in total. The van der Waals surface area contributed by atoms with Crippen molar-refractivity contribution in [3.05, 3.63) is 184 Å². The summed E-state index contributed by atoms with van der Waals surface area (Å²) in [6.07, 6.45) is 8.02. The van der Waals surface area contributed by atoms with Crippen molar-refractivity contribution in [1.29, 1.82) is 0 Å². The van der Waals surface area contributed by atoms with E-state index in [1.807, 2.05) is 74.1 Å². The summed E-state index contributed by atoms with van der Waals surface area (Å²) >= 11 is 8.04. The van der Waals surface area contributed by atoms with Crippen molar-refractivity contribution in [3.8, 4) is 0 Å². The number of hydrogen-bond acceptors (Lipinski definition) is 6. The van der Waals surface area contributed by atoms with Crippen LogP contribution in [0, 0.1) is 5.41 Å². The first kappa shape index (κ1) is 43.3. The standard InChI is InChI=1S/C35H36ClNO3S.C17H20N2/c1-34(2,40)30-9-4-3-7-25(30)13-17-32(41-23-35(18-19-35)22-33(38)39)27-8-5-6-24(20-27)10-15-29-16-12-26-11-14-28(36)21-31(26)37-29;1-3-7-15(8-4-1)17(16-9-5-2-6-10-16)19-13-11-18-12-14-19/h3-12,14-16,20-21,32,40H,13,17-19,22-23H2,1-2H3,(H,38,39);1-10,17-18H,11-14H2/t32-;/m1./s1. The lowest BCUT2D eigenvalue weighted by Gasteiger charge is -2.35. The molecule has 2 aliphatic rings. The van der Waals surface area contributed by atoms with E-state index < -0.39 is 11.6 Å². The topological polar surface area (TPSA) is 85.7 Å². The molecule has 2 fully saturated rings. The van der Waals surface area contributed by atoms with Crippen molar-refractivity contribution in [2.24, 2.45) is 5.41 Å². The third-order valence-electron chi connectivity index (χ3n) is 11.6. The van der Waals surface area contributed by atoms with E-state index in [9.17, 15) is 15.0 Å². The Morgan fingerprint density at radius 1 is 0.833 bits per heavy atom. The van der Waals surface area contributed by atoms with Gasteiger partial charge in [-0.3, -0.25) is 9.69 Å². The first-order valence-corrected chi connectivity index (χ1v) is 22.5. The van der Waals surface area contributed by atoms with E-state index in [1.165, 1.54) is 16.7 Å². The molecule has 310 valence electrons. The summed E-state index contributed by atoms with van der Waals surface area (Å²) in [7, 11) is 0. The summed E-state index contributed by atoms with van der Waals surface area (Å²) in [5, 5.41) is 25.5. The molecule has 0 amide bonds. The van der Waals surface area contributed by atoms with Gasteiger partial charge in [0, 0.05) is 47.6 Å². The highest BCUT2D eigenvalue weighted by Gasteiger charge is 2.44. The average Bonchev–Trinajstić information content (AvgIpc) is 4.02. The molecule has 1 aromatic heterocycles. The fourth-order valence-corrected chi connectivity index (χ4v) is 9.92. The molecule has 1 aliphatic heterocycles. The predicted molar refractivity (Wildman–Crippen MR) is 250 cm³/mol. The highest BCUT2D eigenvalue weighted by molar-refractivity contribution is 7.99. The zero-order chi connectivity index (χ0) is 42.0. The van der Waals surface area contributed by atoms with Gasteiger partial charge in [0.25, 0.3) is 0 Å². The predicted octanol–water partition coefficient (Wildman–Crippen LogP) is 11.6. The van der Waals surface area contributed by atoms with Gasteiger partial charge in [-0.1, -0.05) is 139 Å². The Hall–Kier alpha value is -4.76. The van der Waals surface area contributed by atoms with Crippen LogP contribution in [0.3, 0.4) is 0 Å². The zero-order valence-corrected chi connectivity index (χ0v) is 36.2. The summed E-state index contributed by atoms with van der Waals surface area (Å²) in [6, 6.07) is 48.5. The maximum Gasteiger partial charge on any atom is 0.303 e. The Morgan fingerprint density at radius 3 is 2.15 bits per heavy atom. The second-order valence-electron chi connectivity index (χ2n) is 16.7. The van der Waals surface area contributed by atoms with Gasteiger partial charge >= 0.3 is 5.97 Å². The SMILES string of the molecule is CC(C)(O)c1ccccc1CC[C@@H](SCC1(CC(=O)O)CC1)c1cccc(C=Cc2ccc3ccc(Cl)cc3n2)c1.c1ccc(C(c2ccccc2)N2CCNCC2)cc1. The number of aliphatic carboxylic acids is 1. The molecule has 2 heterocycles. The van der Waals surface area contributed by atoms with Crippen molar-refractivity contribution in [2.75, 3.05) is 31.9 Å². The van der Waals surface area contributed by atoms with Crippen LogP contribution in [-0.2, 0) is 16.8 Å². The Kier molecular flexibility index (Phi) is 14.6. The van der Waals surface area contributed by atoms with Gasteiger partial charge in [0.1, 0.15) is 0 Å². The minimum absolute atomic E-state index is 0.0814. The number of aryl methyl sites for hydroxylation is 1. The van der Waals surface area contributed by atoms with Crippen LogP contribution < -0.4 is 5.32 Å². The Morgan fingerprint density at radius 2 is 1.48 bits per heavy atom. The van der Waals surface area contributed by atoms with Crippen LogP contribution in [0.25, 0.3) is 23.1 Å². The van der Waals surface area contributed by atoms with E-state index >= 15 is 0 Å². The summed E-state index contributed by atoms with van der Waals surface area (Å²) in [4.78, 5) is 18.8. The van der Waals surface area contributed by atoms with Crippen LogP contribution in [0.1, 0.15) is 89.9 Å². The number of aliphatic hydroxyl groups is 1. The van der Waals surface area contributed by atoms with Crippen molar-refractivity contribution in [1.82, 2.24) is 15.2 Å². The van der Waals surface area contributed by atoms with Crippen LogP contribution in [0.5, 0.6) is 0 Å². The largest absolute Gasteiger partial charge is 0.481 e. The van der Waals surface area contributed by atoms with E-state index in [4.69, 9.17) is 16.6 Å². The van der Waals surface area contributed by atoms with E-state index in [0.717, 1.165) is 90.9 Å². The summed E-state index contributed by atoms with van der Waals surface area (Å²) in [5.74, 6) is 0.122. The summed E-state index contributed by atoms with van der Waals surface area (Å²) in [6.45, 7) is 8.03. The maximum absolute atomic E-state index is 11.5. The van der Waals surface area contributed by atoms with Crippen molar-refractivity contribution in [2.45, 2.75) is 62.8 Å². The first-order chi connectivity index (χ1) is 29.0. The van der Waals surface area contributed by atoms with Gasteiger partial charge in [0.15, 0.2) is 0 Å². The number of piperazine rings is 1. The fourth-order valence-electron chi connectivity index (χ4n) is 8.18. The maximum atomic E-state index is 11.5. The molecule has 0 spiro atoms. The molecular formula is C52H56ClN3O3S. The lowest BCUT2D eigenvalue weighted by molar-refractivity contribution is -0.138. The number of carboxylic acids is 1. The van der Waals surface area contributed by atoms with E-state index in [-0.39, 0.29) is 17.1 Å². The van der Waals surface area contributed by atoms with Crippen molar-refractivity contribution < 1.29 is 15.0 Å². The smallest absolute Gasteiger partial charge is 0.303 e. The lowest BCUT2D eigenvalue weighted by Crippen LogP contribution is -2.45. The van der Waals surface area contributed by atoms with Gasteiger partial charge in [-0.05, 0) is 103 Å². The quantitative estimate of drug-likeness (QED) is 0.0950. The molecule has 0 bridgehead atoms. The van der Waals surface area contributed by atoms with Gasteiger partial charge < -0.3 is 15.5 Å². The molecular weight excluding hydrogens is 782 g/mol. The number of halogens is 1. The number of pyridine rings is 1. The van der Waals surface area contributed by atoms with Crippen LogP contribution >= 0.6 is 23.4 Å². The van der Waals surface area contributed by atoms with Crippen LogP contribution in [0.15, 0.2) is 140 Å². The second kappa shape index (κ2) is 20.2. The zero-order valence-electron chi connectivity index (χ0n) is 34.6. The number of nitrogens with one attached hydrogen (secondary N) is 1. The fraction of sp³-hybridized carbons (Fsp3) is 0.308. The minimum Gasteiger partial charge on any atom is -0.481 e. The Bertz CT molecular complexity index is 2320. The van der Waals surface area contributed by atoms with Crippen molar-refractivity contribution >= 4 is 52.4 Å². The molecule has 5 aromatic carbocycles. The van der Waals surface area contributed by atoms with E-state index in [0.29, 0.717) is 11.1 Å². The monoisotopic (exact) mass is 837 g/mol. The van der Waals surface area contributed by atoms with Gasteiger partial charge in [-0.25, -0.2) is 4.98 Å². The molecule has 0 unspecified atom stereocenters. The normalized spacial score (nSPS) is 15.8. The number of thioether (sulfide) groups is 1. The van der Waals surface area contributed by atoms with Crippen LogP contribution in [0.4, 0.5) is 0 Å². The average molecular weight is 839 g/mol. The molecule has 1 aliphatic carbocycles. The molecule has 6 nitrogen and oxygen atoms in total. The number of nitrogens with zero attached hydrogens (tertiary/aromatic N) is 2. The third kappa shape index (κ3) is 12.0. The minimum atomic E-state index is -0.911. The van der Waals surface area contributed by atoms with Crippen LogP contribution in [-0.4, -0.2) is 58.0 Å². The first-order valence-electron chi connectivity index (χ1n) is 21.1. The Labute approximate surface area is 364 Å². The van der Waals surface area contributed by atoms with Gasteiger partial charge in [0.05, 0.1) is 29.3 Å². The number of rotatable bonds is 15. The highest BCUT2D eigenvalue weighted by atomic mass is 35.5. The molecule has 8 heteroatoms. The Balaban J connectivity index is 0.000000238. The molecule has 1 saturated carbocycles. The van der Waals surface area contributed by atoms with Gasteiger partial charge in [-0.15, -0.1) is 0 Å². The number of carbonyl (C=O) groups is 1. The number of hydrogen-bond donors (Lipinski definition) is 3. The lowest BCUT2D eigenvalue weighted by atomic mass is 9.90. The molecule has 60 heavy (non-hydrogen) atoms. The molecule has 0 radical (unpaired) electrons. The molecule has 8 rings (SSSR count).